The van der Waals surface area contributed by atoms with Gasteiger partial charge in [-0.25, -0.2) is 0 Å². The highest BCUT2D eigenvalue weighted by Gasteiger charge is 2.20. The number of hydrogen-bond donors (Lipinski definition) is 3. The zero-order chi connectivity index (χ0) is 45.8. The molecular weight excluding hydrogens is 779 g/mol. The predicted octanol–water partition coefficient (Wildman–Crippen LogP) is 17.1. The van der Waals surface area contributed by atoms with E-state index in [0.29, 0.717) is 25.9 Å². The molecule has 1 amide bonds. The Balaban J connectivity index is 3.49. The molecule has 0 aliphatic carbocycles. The summed E-state index contributed by atoms with van der Waals surface area (Å²) in [4.78, 5) is 24.5. The maximum atomic E-state index is 12.5. The number of hydrogen-bond acceptors (Lipinski definition) is 5. The minimum atomic E-state index is -0.680. The fourth-order valence-corrected chi connectivity index (χ4v) is 8.63. The Morgan fingerprint density at radius 3 is 1.13 bits per heavy atom. The lowest BCUT2D eigenvalue weighted by molar-refractivity contribution is -0.143. The third-order valence-corrected chi connectivity index (χ3v) is 13.0. The van der Waals surface area contributed by atoms with E-state index in [2.05, 4.69) is 43.5 Å². The van der Waals surface area contributed by atoms with Gasteiger partial charge in [0.1, 0.15) is 0 Å². The van der Waals surface area contributed by atoms with Crippen LogP contribution in [0.1, 0.15) is 303 Å². The summed E-state index contributed by atoms with van der Waals surface area (Å²) in [6, 6.07) is -0.560. The van der Waals surface area contributed by atoms with Crippen molar-refractivity contribution in [2.24, 2.45) is 0 Å². The molecule has 2 unspecified atom stereocenters. The number of unbranched alkanes of at least 4 members (excludes halogenated alkanes) is 37. The van der Waals surface area contributed by atoms with Crippen LogP contribution in [0.2, 0.25) is 0 Å². The predicted molar refractivity (Wildman–Crippen MR) is 273 cm³/mol. The maximum absolute atomic E-state index is 12.5. The molecule has 0 heterocycles. The quantitative estimate of drug-likeness (QED) is 0.0321. The molecule has 0 rings (SSSR count). The van der Waals surface area contributed by atoms with Crippen LogP contribution in [0.5, 0.6) is 0 Å². The van der Waals surface area contributed by atoms with Crippen molar-refractivity contribution in [2.45, 2.75) is 315 Å². The second-order valence-electron chi connectivity index (χ2n) is 19.3. The van der Waals surface area contributed by atoms with E-state index < -0.39 is 12.1 Å². The van der Waals surface area contributed by atoms with E-state index in [1.165, 1.54) is 193 Å². The van der Waals surface area contributed by atoms with Crippen LogP contribution >= 0.6 is 0 Å². The fraction of sp³-hybridized carbons (Fsp3) is 0.895. The van der Waals surface area contributed by atoms with Gasteiger partial charge in [0.25, 0.3) is 0 Å². The number of aliphatic hydroxyl groups excluding tert-OH is 2. The summed E-state index contributed by atoms with van der Waals surface area (Å²) in [5.74, 6) is -0.0849. The van der Waals surface area contributed by atoms with Crippen molar-refractivity contribution in [1.29, 1.82) is 0 Å². The van der Waals surface area contributed by atoms with Crippen molar-refractivity contribution in [1.82, 2.24) is 5.32 Å². The molecule has 0 aliphatic heterocycles. The number of aliphatic hydroxyl groups is 2. The zero-order valence-electron chi connectivity index (χ0n) is 42.3. The van der Waals surface area contributed by atoms with E-state index in [0.717, 1.165) is 77.0 Å². The van der Waals surface area contributed by atoms with Gasteiger partial charge in [-0.2, -0.15) is 0 Å². The molecule has 0 fully saturated rings. The molecule has 0 radical (unpaired) electrons. The van der Waals surface area contributed by atoms with Gasteiger partial charge in [-0.1, -0.05) is 231 Å². The molecule has 6 nitrogen and oxygen atoms in total. The van der Waals surface area contributed by atoms with Gasteiger partial charge in [0.15, 0.2) is 0 Å². The van der Waals surface area contributed by atoms with Crippen molar-refractivity contribution in [2.75, 3.05) is 13.2 Å². The third kappa shape index (κ3) is 49.6. The van der Waals surface area contributed by atoms with E-state index in [1.807, 2.05) is 0 Å². The van der Waals surface area contributed by atoms with Gasteiger partial charge in [0, 0.05) is 12.8 Å². The molecule has 0 saturated carbocycles. The molecule has 6 heteroatoms. The van der Waals surface area contributed by atoms with Crippen molar-refractivity contribution < 1.29 is 24.5 Å². The zero-order valence-corrected chi connectivity index (χ0v) is 42.3. The second kappa shape index (κ2) is 53.0. The summed E-state index contributed by atoms with van der Waals surface area (Å²) in [6.07, 6.45) is 63.0. The van der Waals surface area contributed by atoms with Crippen LogP contribution in [-0.2, 0) is 14.3 Å². The van der Waals surface area contributed by atoms with Crippen LogP contribution in [0.3, 0.4) is 0 Å². The first kappa shape index (κ1) is 61.3. The number of carbonyl (C=O) groups excluding carboxylic acids is 2. The lowest BCUT2D eigenvalue weighted by atomic mass is 10.0. The van der Waals surface area contributed by atoms with Crippen molar-refractivity contribution in [3.05, 3.63) is 24.3 Å². The number of nitrogens with one attached hydrogen (secondary N) is 1. The average Bonchev–Trinajstić information content (AvgIpc) is 3.28. The molecule has 0 aliphatic rings. The molecule has 0 aromatic heterocycles. The van der Waals surface area contributed by atoms with Crippen LogP contribution < -0.4 is 5.32 Å². The first-order valence-electron chi connectivity index (χ1n) is 28.1. The summed E-state index contributed by atoms with van der Waals surface area (Å²) < 4.78 is 5.46. The molecule has 372 valence electrons. The van der Waals surface area contributed by atoms with E-state index in [1.54, 1.807) is 0 Å². The molecule has 0 spiro atoms. The highest BCUT2D eigenvalue weighted by atomic mass is 16.5. The molecular formula is C57H109NO5. The van der Waals surface area contributed by atoms with Crippen LogP contribution in [0.25, 0.3) is 0 Å². The summed E-state index contributed by atoms with van der Waals surface area (Å²) in [5, 5.41) is 23.2. The largest absolute Gasteiger partial charge is 0.466 e. The van der Waals surface area contributed by atoms with Crippen LogP contribution in [0.15, 0.2) is 24.3 Å². The lowest BCUT2D eigenvalue weighted by Gasteiger charge is -2.22. The van der Waals surface area contributed by atoms with E-state index >= 15 is 0 Å². The van der Waals surface area contributed by atoms with E-state index in [4.69, 9.17) is 4.74 Å². The smallest absolute Gasteiger partial charge is 0.305 e. The summed E-state index contributed by atoms with van der Waals surface area (Å²) >= 11 is 0. The lowest BCUT2D eigenvalue weighted by Crippen LogP contribution is -2.45. The molecule has 2 atom stereocenters. The Kier molecular flexibility index (Phi) is 51.6. The first-order valence-corrected chi connectivity index (χ1v) is 28.1. The molecule has 0 bridgehead atoms. The molecule has 0 aromatic carbocycles. The van der Waals surface area contributed by atoms with Gasteiger partial charge >= 0.3 is 5.97 Å². The van der Waals surface area contributed by atoms with Crippen LogP contribution in [0, 0.1) is 0 Å². The van der Waals surface area contributed by atoms with Gasteiger partial charge in [0.05, 0.1) is 25.4 Å². The Bertz CT molecular complexity index is 982. The Labute approximate surface area is 392 Å². The Morgan fingerprint density at radius 2 is 0.746 bits per heavy atom. The number of carbonyl (C=O) groups is 2. The van der Waals surface area contributed by atoms with Crippen LogP contribution in [0.4, 0.5) is 0 Å². The molecule has 63 heavy (non-hydrogen) atoms. The highest BCUT2D eigenvalue weighted by molar-refractivity contribution is 5.76. The van der Waals surface area contributed by atoms with Crippen LogP contribution in [-0.4, -0.2) is 47.4 Å². The number of ether oxygens (including phenoxy) is 1. The first-order chi connectivity index (χ1) is 31.0. The summed E-state index contributed by atoms with van der Waals surface area (Å²) in [7, 11) is 0. The highest BCUT2D eigenvalue weighted by Crippen LogP contribution is 2.17. The SMILES string of the molecule is CCCCCCCCC/C=C\CCCCCCCCCC(=O)OCCCCC/C=C\CCCCCCCC(=O)NC(CO)C(O)CCCCCCCCCCCCCCCCCC. The Hall–Kier alpha value is -1.66. The average molecular weight is 889 g/mol. The van der Waals surface area contributed by atoms with Crippen molar-refractivity contribution >= 4 is 11.9 Å². The minimum Gasteiger partial charge on any atom is -0.466 e. The molecule has 0 saturated heterocycles. The van der Waals surface area contributed by atoms with Crippen molar-refractivity contribution in [3.63, 3.8) is 0 Å². The standard InChI is InChI=1S/C57H109NO5/c1-3-5-7-9-11-13-15-17-19-21-22-24-26-31-35-39-43-47-51-57(62)63-52-48-44-40-36-32-28-27-30-34-38-42-46-50-56(61)58-54(53-59)55(60)49-45-41-37-33-29-25-23-20-18-16-14-12-10-8-6-4-2/h19,21,28,32,54-55,59-60H,3-18,20,22-27,29-31,33-53H2,1-2H3,(H,58,61)/b21-19-,32-28-. The normalized spacial score (nSPS) is 12.8. The number of allylic oxidation sites excluding steroid dienone is 4. The fourth-order valence-electron chi connectivity index (χ4n) is 8.63. The van der Waals surface area contributed by atoms with E-state index in [9.17, 15) is 19.8 Å². The van der Waals surface area contributed by atoms with Gasteiger partial charge in [-0.3, -0.25) is 9.59 Å². The summed E-state index contributed by atoms with van der Waals surface area (Å²) in [6.45, 7) is 4.90. The van der Waals surface area contributed by atoms with Gasteiger partial charge in [-0.15, -0.1) is 0 Å². The van der Waals surface area contributed by atoms with E-state index in [-0.39, 0.29) is 18.5 Å². The third-order valence-electron chi connectivity index (χ3n) is 13.0. The molecule has 0 aromatic rings. The van der Waals surface area contributed by atoms with Gasteiger partial charge in [0.2, 0.25) is 5.91 Å². The molecule has 3 N–H and O–H groups in total. The number of esters is 1. The number of rotatable bonds is 52. The Morgan fingerprint density at radius 1 is 0.429 bits per heavy atom. The maximum Gasteiger partial charge on any atom is 0.305 e. The summed E-state index contributed by atoms with van der Waals surface area (Å²) in [5.41, 5.74) is 0. The van der Waals surface area contributed by atoms with Crippen molar-refractivity contribution in [3.8, 4) is 0 Å². The van der Waals surface area contributed by atoms with Gasteiger partial charge in [-0.05, 0) is 83.5 Å². The van der Waals surface area contributed by atoms with Gasteiger partial charge < -0.3 is 20.3 Å². The number of amides is 1. The minimum absolute atomic E-state index is 0.0253. The monoisotopic (exact) mass is 888 g/mol. The second-order valence-corrected chi connectivity index (χ2v) is 19.3. The topological polar surface area (TPSA) is 95.9 Å².